The van der Waals surface area contributed by atoms with Crippen molar-refractivity contribution in [2.75, 3.05) is 26.2 Å². The Morgan fingerprint density at radius 2 is 1.69 bits per heavy atom. The van der Waals surface area contributed by atoms with E-state index in [9.17, 15) is 26.4 Å². The van der Waals surface area contributed by atoms with E-state index in [2.05, 4.69) is 4.98 Å². The minimum absolute atomic E-state index is 0.0862. The molecule has 1 saturated heterocycles. The van der Waals surface area contributed by atoms with Crippen molar-refractivity contribution in [2.24, 2.45) is 0 Å². The van der Waals surface area contributed by atoms with E-state index in [0.717, 1.165) is 0 Å². The van der Waals surface area contributed by atoms with Gasteiger partial charge in [0.25, 0.3) is 5.91 Å². The lowest BCUT2D eigenvalue weighted by atomic mass is 10.2. The maximum absolute atomic E-state index is 12.7. The van der Waals surface area contributed by atoms with E-state index in [4.69, 9.17) is 0 Å². The van der Waals surface area contributed by atoms with Gasteiger partial charge in [-0.05, 0) is 17.7 Å². The monoisotopic (exact) mass is 445 g/mol. The molecule has 0 bridgehead atoms. The van der Waals surface area contributed by atoms with E-state index in [0.29, 0.717) is 5.56 Å². The topological polar surface area (TPSA) is 70.6 Å². The van der Waals surface area contributed by atoms with Gasteiger partial charge in [-0.2, -0.15) is 17.5 Å². The zero-order chi connectivity index (χ0) is 21.1. The number of rotatable bonds is 5. The number of amides is 1. The second-order valence-electron chi connectivity index (χ2n) is 6.34. The number of carbonyl (C=O) groups excluding carboxylic acids is 1. The maximum atomic E-state index is 12.7. The number of thioether (sulfide) groups is 1. The predicted molar refractivity (Wildman–Crippen MR) is 103 cm³/mol. The standard InChI is InChI=1S/C18H18F3N3O3S2/c19-18(20,21)28-16-15(7-4-8-22-16)17(25)23-9-11-24(12-10-23)29(26,27)13-14-5-2-1-3-6-14/h1-8H,9-13H2. The summed E-state index contributed by atoms with van der Waals surface area (Å²) in [5.41, 5.74) is -4.04. The molecule has 3 rings (SSSR count). The summed E-state index contributed by atoms with van der Waals surface area (Å²) in [6.07, 6.45) is 1.19. The van der Waals surface area contributed by atoms with E-state index < -0.39 is 38.2 Å². The fourth-order valence-corrected chi connectivity index (χ4v) is 5.07. The van der Waals surface area contributed by atoms with Crippen LogP contribution in [0.1, 0.15) is 15.9 Å². The highest BCUT2D eigenvalue weighted by atomic mass is 32.2. The Balaban J connectivity index is 1.66. The van der Waals surface area contributed by atoms with Gasteiger partial charge in [0.2, 0.25) is 10.0 Å². The van der Waals surface area contributed by atoms with Gasteiger partial charge in [-0.1, -0.05) is 30.3 Å². The van der Waals surface area contributed by atoms with Gasteiger partial charge in [-0.25, -0.2) is 13.4 Å². The van der Waals surface area contributed by atoms with Crippen LogP contribution in [0.5, 0.6) is 0 Å². The van der Waals surface area contributed by atoms with Crippen LogP contribution in [-0.4, -0.2) is 60.2 Å². The second kappa shape index (κ2) is 8.72. The molecule has 1 aliphatic rings. The molecule has 1 amide bonds. The van der Waals surface area contributed by atoms with Gasteiger partial charge in [0.1, 0.15) is 5.03 Å². The Kier molecular flexibility index (Phi) is 6.49. The molecule has 2 heterocycles. The largest absolute Gasteiger partial charge is 0.447 e. The van der Waals surface area contributed by atoms with Gasteiger partial charge < -0.3 is 4.90 Å². The molecule has 2 aromatic rings. The molecule has 1 fully saturated rings. The first-order valence-electron chi connectivity index (χ1n) is 8.67. The van der Waals surface area contributed by atoms with Gasteiger partial charge in [0, 0.05) is 44.1 Å². The summed E-state index contributed by atoms with van der Waals surface area (Å²) in [6.45, 7) is 0.363. The minimum atomic E-state index is -4.56. The van der Waals surface area contributed by atoms with Crippen LogP contribution in [0.15, 0.2) is 53.7 Å². The number of aromatic nitrogens is 1. The number of halogens is 3. The summed E-state index contributed by atoms with van der Waals surface area (Å²) >= 11 is -0.439. The average Bonchev–Trinajstić information content (AvgIpc) is 2.67. The molecule has 0 atom stereocenters. The molecule has 1 aromatic heterocycles. The summed E-state index contributed by atoms with van der Waals surface area (Å²) in [7, 11) is -3.55. The second-order valence-corrected chi connectivity index (χ2v) is 9.36. The van der Waals surface area contributed by atoms with Gasteiger partial charge in [-0.3, -0.25) is 4.79 Å². The quantitative estimate of drug-likeness (QED) is 0.662. The first-order valence-corrected chi connectivity index (χ1v) is 11.1. The zero-order valence-electron chi connectivity index (χ0n) is 15.2. The Labute approximate surface area is 170 Å². The third-order valence-electron chi connectivity index (χ3n) is 4.33. The van der Waals surface area contributed by atoms with E-state index in [-0.39, 0.29) is 37.5 Å². The van der Waals surface area contributed by atoms with E-state index in [1.165, 1.54) is 27.5 Å². The van der Waals surface area contributed by atoms with Crippen LogP contribution in [0.2, 0.25) is 0 Å². The lowest BCUT2D eigenvalue weighted by Crippen LogP contribution is -2.50. The van der Waals surface area contributed by atoms with Crippen molar-refractivity contribution in [1.82, 2.24) is 14.2 Å². The SMILES string of the molecule is O=C(c1cccnc1SC(F)(F)F)N1CCN(S(=O)(=O)Cc2ccccc2)CC1. The Morgan fingerprint density at radius 3 is 2.31 bits per heavy atom. The molecular weight excluding hydrogens is 427 g/mol. The van der Waals surface area contributed by atoms with Crippen molar-refractivity contribution in [3.63, 3.8) is 0 Å². The number of sulfonamides is 1. The maximum Gasteiger partial charge on any atom is 0.447 e. The molecule has 0 radical (unpaired) electrons. The highest BCUT2D eigenvalue weighted by Crippen LogP contribution is 2.37. The molecule has 0 saturated carbocycles. The van der Waals surface area contributed by atoms with Gasteiger partial charge in [-0.15, -0.1) is 0 Å². The van der Waals surface area contributed by atoms with Gasteiger partial charge >= 0.3 is 5.51 Å². The molecule has 11 heteroatoms. The number of alkyl halides is 3. The normalized spacial score (nSPS) is 16.0. The fraction of sp³-hybridized carbons (Fsp3) is 0.333. The van der Waals surface area contributed by atoms with Crippen LogP contribution >= 0.6 is 11.8 Å². The number of benzene rings is 1. The number of nitrogens with zero attached hydrogens (tertiary/aromatic N) is 3. The predicted octanol–water partition coefficient (Wildman–Crippen LogP) is 2.98. The molecule has 0 aliphatic carbocycles. The van der Waals surface area contributed by atoms with Crippen LogP contribution in [0.4, 0.5) is 13.2 Å². The van der Waals surface area contributed by atoms with E-state index >= 15 is 0 Å². The molecule has 1 aliphatic heterocycles. The highest BCUT2D eigenvalue weighted by Gasteiger charge is 2.34. The zero-order valence-corrected chi connectivity index (χ0v) is 16.8. The lowest BCUT2D eigenvalue weighted by molar-refractivity contribution is -0.0329. The molecule has 0 unspecified atom stereocenters. The molecular formula is C18H18F3N3O3S2. The van der Waals surface area contributed by atoms with E-state index in [1.807, 2.05) is 0 Å². The molecule has 0 N–H and O–H groups in total. The Bertz CT molecular complexity index is 961. The van der Waals surface area contributed by atoms with Gasteiger partial charge in [0.15, 0.2) is 0 Å². The molecule has 29 heavy (non-hydrogen) atoms. The van der Waals surface area contributed by atoms with Crippen molar-refractivity contribution >= 4 is 27.7 Å². The number of hydrogen-bond donors (Lipinski definition) is 0. The van der Waals surface area contributed by atoms with Crippen molar-refractivity contribution in [3.05, 3.63) is 59.8 Å². The Morgan fingerprint density at radius 1 is 1.03 bits per heavy atom. The average molecular weight is 445 g/mol. The third kappa shape index (κ3) is 5.71. The molecule has 1 aromatic carbocycles. The van der Waals surface area contributed by atoms with Crippen LogP contribution in [0, 0.1) is 0 Å². The highest BCUT2D eigenvalue weighted by molar-refractivity contribution is 8.00. The first-order chi connectivity index (χ1) is 13.7. The number of piperazine rings is 1. The van der Waals surface area contributed by atoms with Crippen molar-refractivity contribution in [3.8, 4) is 0 Å². The summed E-state index contributed by atoms with van der Waals surface area (Å²) in [4.78, 5) is 17.7. The first kappa shape index (κ1) is 21.6. The fourth-order valence-electron chi connectivity index (χ4n) is 2.96. The van der Waals surface area contributed by atoms with Crippen LogP contribution in [0.25, 0.3) is 0 Å². The molecule has 0 spiro atoms. The summed E-state index contributed by atoms with van der Waals surface area (Å²) < 4.78 is 64.6. The van der Waals surface area contributed by atoms with Crippen molar-refractivity contribution < 1.29 is 26.4 Å². The van der Waals surface area contributed by atoms with Crippen LogP contribution in [0.3, 0.4) is 0 Å². The van der Waals surface area contributed by atoms with Crippen molar-refractivity contribution in [2.45, 2.75) is 16.3 Å². The lowest BCUT2D eigenvalue weighted by Gasteiger charge is -2.34. The number of pyridine rings is 1. The molecule has 156 valence electrons. The Hall–Kier alpha value is -2.11. The summed E-state index contributed by atoms with van der Waals surface area (Å²) in [6, 6.07) is 11.4. The van der Waals surface area contributed by atoms with Gasteiger partial charge in [0.05, 0.1) is 11.3 Å². The minimum Gasteiger partial charge on any atom is -0.336 e. The molecule has 6 nitrogen and oxygen atoms in total. The number of hydrogen-bond acceptors (Lipinski definition) is 5. The van der Waals surface area contributed by atoms with Crippen LogP contribution < -0.4 is 0 Å². The third-order valence-corrected chi connectivity index (χ3v) is 6.93. The van der Waals surface area contributed by atoms with Crippen molar-refractivity contribution in [1.29, 1.82) is 0 Å². The summed E-state index contributed by atoms with van der Waals surface area (Å²) in [5, 5.41) is -0.413. The van der Waals surface area contributed by atoms with Crippen LogP contribution in [-0.2, 0) is 15.8 Å². The van der Waals surface area contributed by atoms with E-state index in [1.54, 1.807) is 30.3 Å². The smallest absolute Gasteiger partial charge is 0.336 e. The number of carbonyl (C=O) groups is 1. The summed E-state index contributed by atoms with van der Waals surface area (Å²) in [5.74, 6) is -0.735.